The molecule has 1 aromatic rings. The third-order valence-electron chi connectivity index (χ3n) is 4.08. The molecule has 1 saturated carbocycles. The van der Waals surface area contributed by atoms with Crippen molar-refractivity contribution in [1.82, 2.24) is 0 Å². The van der Waals surface area contributed by atoms with Crippen LogP contribution < -0.4 is 4.74 Å². The van der Waals surface area contributed by atoms with Crippen LogP contribution >= 0.6 is 0 Å². The summed E-state index contributed by atoms with van der Waals surface area (Å²) in [5.74, 6) is 1.18. The first-order valence-electron chi connectivity index (χ1n) is 7.95. The lowest BCUT2D eigenvalue weighted by molar-refractivity contribution is 0.0314. The van der Waals surface area contributed by atoms with Crippen molar-refractivity contribution in [3.63, 3.8) is 0 Å². The van der Waals surface area contributed by atoms with E-state index < -0.39 is 0 Å². The summed E-state index contributed by atoms with van der Waals surface area (Å²) in [6, 6.07) is 7.44. The molecule has 1 atom stereocenters. The van der Waals surface area contributed by atoms with Gasteiger partial charge in [-0.2, -0.15) is 0 Å². The van der Waals surface area contributed by atoms with Crippen LogP contribution in [-0.2, 0) is 4.74 Å². The lowest BCUT2D eigenvalue weighted by atomic mass is 9.82. The fourth-order valence-electron chi connectivity index (χ4n) is 3.11. The fraction of sp³-hybridized carbons (Fsp3) is 0.611. The molecule has 1 aliphatic rings. The molecule has 1 fully saturated rings. The Morgan fingerprint density at radius 3 is 2.52 bits per heavy atom. The van der Waals surface area contributed by atoms with Crippen LogP contribution in [-0.4, -0.2) is 25.1 Å². The Morgan fingerprint density at radius 1 is 1.19 bits per heavy atom. The summed E-state index contributed by atoms with van der Waals surface area (Å²) in [7, 11) is 1.64. The third kappa shape index (κ3) is 4.31. The van der Waals surface area contributed by atoms with E-state index >= 15 is 0 Å². The Balaban J connectivity index is 2.13. The topological polar surface area (TPSA) is 35.5 Å². The van der Waals surface area contributed by atoms with Crippen LogP contribution in [0.25, 0.3) is 0 Å². The van der Waals surface area contributed by atoms with Gasteiger partial charge in [-0.3, -0.25) is 4.79 Å². The van der Waals surface area contributed by atoms with Gasteiger partial charge in [-0.1, -0.05) is 31.4 Å². The van der Waals surface area contributed by atoms with Crippen LogP contribution in [0, 0.1) is 5.92 Å². The molecule has 3 heteroatoms. The number of benzene rings is 1. The second kappa shape index (κ2) is 7.60. The maximum absolute atomic E-state index is 12.7. The van der Waals surface area contributed by atoms with Crippen molar-refractivity contribution in [1.29, 1.82) is 0 Å². The quantitative estimate of drug-likeness (QED) is 0.735. The molecule has 116 valence electrons. The zero-order valence-electron chi connectivity index (χ0n) is 13.3. The highest BCUT2D eigenvalue weighted by Gasteiger charge is 2.30. The molecular formula is C18H26O3. The van der Waals surface area contributed by atoms with Gasteiger partial charge in [-0.15, -0.1) is 0 Å². The van der Waals surface area contributed by atoms with E-state index in [0.717, 1.165) is 18.6 Å². The molecule has 0 N–H and O–H groups in total. The lowest BCUT2D eigenvalue weighted by Gasteiger charge is -2.28. The minimum absolute atomic E-state index is 0.0820. The van der Waals surface area contributed by atoms with Crippen molar-refractivity contribution in [2.75, 3.05) is 7.11 Å². The molecule has 1 aliphatic carbocycles. The third-order valence-corrected chi connectivity index (χ3v) is 4.08. The molecule has 0 aliphatic heterocycles. The highest BCUT2D eigenvalue weighted by molar-refractivity contribution is 6.00. The van der Waals surface area contributed by atoms with Crippen molar-refractivity contribution in [2.24, 2.45) is 5.92 Å². The summed E-state index contributed by atoms with van der Waals surface area (Å²) in [4.78, 5) is 12.7. The molecule has 3 nitrogen and oxygen atoms in total. The van der Waals surface area contributed by atoms with Gasteiger partial charge < -0.3 is 9.47 Å². The van der Waals surface area contributed by atoms with Gasteiger partial charge >= 0.3 is 0 Å². The lowest BCUT2D eigenvalue weighted by Crippen LogP contribution is -2.33. The molecule has 0 aromatic heterocycles. The number of ketones is 1. The van der Waals surface area contributed by atoms with E-state index in [1.165, 1.54) is 19.3 Å². The molecule has 0 heterocycles. The summed E-state index contributed by atoms with van der Waals surface area (Å²) < 4.78 is 11.2. The Morgan fingerprint density at radius 2 is 1.90 bits per heavy atom. The van der Waals surface area contributed by atoms with E-state index in [4.69, 9.17) is 9.47 Å². The van der Waals surface area contributed by atoms with Gasteiger partial charge in [-0.05, 0) is 44.7 Å². The largest absolute Gasteiger partial charge is 0.491 e. The van der Waals surface area contributed by atoms with Gasteiger partial charge in [0.25, 0.3) is 0 Å². The Labute approximate surface area is 127 Å². The SMILES string of the molecule is COC(C(=O)c1cccc(OC(C)C)c1)C1CCCCC1. The molecule has 0 spiro atoms. The van der Waals surface area contributed by atoms with Crippen molar-refractivity contribution in [3.05, 3.63) is 29.8 Å². The number of carbonyl (C=O) groups is 1. The van der Waals surface area contributed by atoms with Crippen LogP contribution in [0.15, 0.2) is 24.3 Å². The monoisotopic (exact) mass is 290 g/mol. The highest BCUT2D eigenvalue weighted by atomic mass is 16.5. The van der Waals surface area contributed by atoms with Gasteiger partial charge in [0, 0.05) is 12.7 Å². The predicted octanol–water partition coefficient (Wildman–Crippen LogP) is 4.25. The van der Waals surface area contributed by atoms with E-state index in [-0.39, 0.29) is 18.0 Å². The predicted molar refractivity (Wildman–Crippen MR) is 83.9 cm³/mol. The summed E-state index contributed by atoms with van der Waals surface area (Å²) in [6.07, 6.45) is 5.65. The number of hydrogen-bond donors (Lipinski definition) is 0. The number of hydrogen-bond acceptors (Lipinski definition) is 3. The van der Waals surface area contributed by atoms with E-state index in [2.05, 4.69) is 0 Å². The van der Waals surface area contributed by atoms with Gasteiger partial charge in [-0.25, -0.2) is 0 Å². The number of Topliss-reactive ketones (excluding diaryl/α,β-unsaturated/α-hetero) is 1. The first-order chi connectivity index (χ1) is 10.1. The van der Waals surface area contributed by atoms with Gasteiger partial charge in [0.2, 0.25) is 0 Å². The first-order valence-corrected chi connectivity index (χ1v) is 7.95. The zero-order chi connectivity index (χ0) is 15.2. The van der Waals surface area contributed by atoms with Crippen molar-refractivity contribution < 1.29 is 14.3 Å². The van der Waals surface area contributed by atoms with Crippen LogP contribution in [0.1, 0.15) is 56.3 Å². The Kier molecular flexibility index (Phi) is 5.80. The molecule has 1 unspecified atom stereocenters. The summed E-state index contributed by atoms with van der Waals surface area (Å²) in [5.41, 5.74) is 0.686. The number of methoxy groups -OCH3 is 1. The van der Waals surface area contributed by atoms with Crippen molar-refractivity contribution in [2.45, 2.75) is 58.2 Å². The number of rotatable bonds is 6. The Hall–Kier alpha value is -1.35. The first kappa shape index (κ1) is 16.0. The van der Waals surface area contributed by atoms with E-state index in [0.29, 0.717) is 11.5 Å². The van der Waals surface area contributed by atoms with Crippen molar-refractivity contribution >= 4 is 5.78 Å². The summed E-state index contributed by atoms with van der Waals surface area (Å²) >= 11 is 0. The van der Waals surface area contributed by atoms with E-state index in [1.54, 1.807) is 7.11 Å². The average Bonchev–Trinajstić information content (AvgIpc) is 2.48. The highest BCUT2D eigenvalue weighted by Crippen LogP contribution is 2.30. The second-order valence-corrected chi connectivity index (χ2v) is 6.11. The summed E-state index contributed by atoms with van der Waals surface area (Å²) in [6.45, 7) is 3.96. The molecule has 0 amide bonds. The van der Waals surface area contributed by atoms with Crippen LogP contribution in [0.2, 0.25) is 0 Å². The van der Waals surface area contributed by atoms with E-state index in [1.807, 2.05) is 38.1 Å². The smallest absolute Gasteiger partial charge is 0.191 e. The number of carbonyl (C=O) groups excluding carboxylic acids is 1. The fourth-order valence-corrected chi connectivity index (χ4v) is 3.11. The molecule has 1 aromatic carbocycles. The van der Waals surface area contributed by atoms with Gasteiger partial charge in [0.1, 0.15) is 11.9 Å². The Bertz CT molecular complexity index is 461. The molecule has 0 bridgehead atoms. The maximum atomic E-state index is 12.7. The molecule has 0 saturated heterocycles. The van der Waals surface area contributed by atoms with Gasteiger partial charge in [0.05, 0.1) is 6.10 Å². The zero-order valence-corrected chi connectivity index (χ0v) is 13.3. The summed E-state index contributed by atoms with van der Waals surface area (Å²) in [5, 5.41) is 0. The van der Waals surface area contributed by atoms with E-state index in [9.17, 15) is 4.79 Å². The maximum Gasteiger partial charge on any atom is 0.191 e. The average molecular weight is 290 g/mol. The standard InChI is InChI=1S/C18H26O3/c1-13(2)21-16-11-7-10-15(12-16)17(19)18(20-3)14-8-5-4-6-9-14/h7,10-14,18H,4-6,8-9H2,1-3H3. The van der Waals surface area contributed by atoms with Crippen molar-refractivity contribution in [3.8, 4) is 5.75 Å². The van der Waals surface area contributed by atoms with Crippen LogP contribution in [0.5, 0.6) is 5.75 Å². The molecule has 21 heavy (non-hydrogen) atoms. The van der Waals surface area contributed by atoms with Gasteiger partial charge in [0.15, 0.2) is 5.78 Å². The minimum Gasteiger partial charge on any atom is -0.491 e. The molecule has 0 radical (unpaired) electrons. The minimum atomic E-state index is -0.320. The van der Waals surface area contributed by atoms with Crippen LogP contribution in [0.3, 0.4) is 0 Å². The van der Waals surface area contributed by atoms with Crippen LogP contribution in [0.4, 0.5) is 0 Å². The normalized spacial score (nSPS) is 17.7. The second-order valence-electron chi connectivity index (χ2n) is 6.11. The molecule has 2 rings (SSSR count). The number of ether oxygens (including phenoxy) is 2. The molecular weight excluding hydrogens is 264 g/mol.